The summed E-state index contributed by atoms with van der Waals surface area (Å²) in [6, 6.07) is 11.7. The summed E-state index contributed by atoms with van der Waals surface area (Å²) in [7, 11) is 3.19. The molecule has 5 heteroatoms. The van der Waals surface area contributed by atoms with E-state index in [1.807, 2.05) is 50.2 Å². The van der Waals surface area contributed by atoms with Gasteiger partial charge in [0.1, 0.15) is 5.75 Å². The van der Waals surface area contributed by atoms with Crippen LogP contribution < -0.4 is 19.5 Å². The van der Waals surface area contributed by atoms with Crippen molar-refractivity contribution in [2.45, 2.75) is 32.3 Å². The van der Waals surface area contributed by atoms with E-state index in [2.05, 4.69) is 5.32 Å². The van der Waals surface area contributed by atoms with Gasteiger partial charge in [0.25, 0.3) is 0 Å². The number of carbonyl (C=O) groups is 1. The third-order valence-corrected chi connectivity index (χ3v) is 4.23. The topological polar surface area (TPSA) is 56.8 Å². The normalized spacial score (nSPS) is 16.2. The number of rotatable bonds is 5. The van der Waals surface area contributed by atoms with Crippen LogP contribution in [0.2, 0.25) is 0 Å². The number of methoxy groups -OCH3 is 2. The van der Waals surface area contributed by atoms with Crippen molar-refractivity contribution in [2.75, 3.05) is 19.5 Å². The monoisotopic (exact) mass is 341 g/mol. The molecule has 132 valence electrons. The van der Waals surface area contributed by atoms with Crippen LogP contribution in [0.4, 0.5) is 5.69 Å². The minimum atomic E-state index is -0.0562. The summed E-state index contributed by atoms with van der Waals surface area (Å²) in [6.45, 7) is 3.99. The second-order valence-corrected chi connectivity index (χ2v) is 6.34. The molecule has 5 nitrogen and oxygen atoms in total. The summed E-state index contributed by atoms with van der Waals surface area (Å²) in [5, 5.41) is 2.93. The SMILES string of the molecule is COc1cc2c(cc1OC)[C@@H](c1cccc(OC(C)C)c1)CC(=O)N2. The molecule has 2 aromatic carbocycles. The van der Waals surface area contributed by atoms with Crippen LogP contribution in [0.3, 0.4) is 0 Å². The average Bonchev–Trinajstić information content (AvgIpc) is 2.59. The van der Waals surface area contributed by atoms with E-state index in [1.165, 1.54) is 0 Å². The van der Waals surface area contributed by atoms with Gasteiger partial charge in [0.05, 0.1) is 20.3 Å². The Balaban J connectivity index is 2.05. The Kier molecular flexibility index (Phi) is 4.83. The molecule has 0 aliphatic carbocycles. The summed E-state index contributed by atoms with van der Waals surface area (Å²) in [5.74, 6) is 1.98. The van der Waals surface area contributed by atoms with Crippen molar-refractivity contribution >= 4 is 11.6 Å². The van der Waals surface area contributed by atoms with E-state index in [-0.39, 0.29) is 17.9 Å². The highest BCUT2D eigenvalue weighted by atomic mass is 16.5. The zero-order valence-electron chi connectivity index (χ0n) is 15.0. The lowest BCUT2D eigenvalue weighted by atomic mass is 9.84. The van der Waals surface area contributed by atoms with Crippen molar-refractivity contribution in [3.05, 3.63) is 47.5 Å². The number of hydrogen-bond acceptors (Lipinski definition) is 4. The summed E-state index contributed by atoms with van der Waals surface area (Å²) in [6.07, 6.45) is 0.481. The van der Waals surface area contributed by atoms with Gasteiger partial charge < -0.3 is 19.5 Å². The summed E-state index contributed by atoms with van der Waals surface area (Å²) in [4.78, 5) is 12.2. The lowest BCUT2D eigenvalue weighted by molar-refractivity contribution is -0.116. The minimum Gasteiger partial charge on any atom is -0.493 e. The summed E-state index contributed by atoms with van der Waals surface area (Å²) in [5.41, 5.74) is 2.81. The summed E-state index contributed by atoms with van der Waals surface area (Å²) < 4.78 is 16.6. The lowest BCUT2D eigenvalue weighted by Crippen LogP contribution is -2.23. The van der Waals surface area contributed by atoms with Crippen molar-refractivity contribution in [3.63, 3.8) is 0 Å². The first-order valence-corrected chi connectivity index (χ1v) is 8.34. The first-order valence-electron chi connectivity index (χ1n) is 8.34. The van der Waals surface area contributed by atoms with E-state index in [0.29, 0.717) is 17.9 Å². The van der Waals surface area contributed by atoms with Gasteiger partial charge in [0, 0.05) is 24.1 Å². The second kappa shape index (κ2) is 7.05. The van der Waals surface area contributed by atoms with Gasteiger partial charge >= 0.3 is 0 Å². The zero-order valence-corrected chi connectivity index (χ0v) is 15.0. The van der Waals surface area contributed by atoms with E-state index in [1.54, 1.807) is 14.2 Å². The molecule has 1 aliphatic rings. The van der Waals surface area contributed by atoms with Crippen LogP contribution in [0.1, 0.15) is 37.3 Å². The number of amides is 1. The Bertz CT molecular complexity index is 785. The first-order chi connectivity index (χ1) is 12.0. The molecule has 25 heavy (non-hydrogen) atoms. The van der Waals surface area contributed by atoms with Crippen LogP contribution >= 0.6 is 0 Å². The maximum atomic E-state index is 12.2. The molecule has 1 heterocycles. The van der Waals surface area contributed by atoms with E-state index < -0.39 is 0 Å². The molecular weight excluding hydrogens is 318 g/mol. The molecular formula is C20H23NO4. The number of fused-ring (bicyclic) bond motifs is 1. The molecule has 0 saturated carbocycles. The Labute approximate surface area is 147 Å². The van der Waals surface area contributed by atoms with Gasteiger partial charge in [-0.3, -0.25) is 4.79 Å². The van der Waals surface area contributed by atoms with Gasteiger partial charge in [-0.2, -0.15) is 0 Å². The number of benzene rings is 2. The number of nitrogens with one attached hydrogen (secondary N) is 1. The van der Waals surface area contributed by atoms with E-state index >= 15 is 0 Å². The minimum absolute atomic E-state index is 0.0140. The largest absolute Gasteiger partial charge is 0.493 e. The van der Waals surface area contributed by atoms with E-state index in [0.717, 1.165) is 22.6 Å². The van der Waals surface area contributed by atoms with Crippen LogP contribution in [-0.4, -0.2) is 26.2 Å². The van der Waals surface area contributed by atoms with Crippen molar-refractivity contribution in [2.24, 2.45) is 0 Å². The molecule has 2 aromatic rings. The average molecular weight is 341 g/mol. The van der Waals surface area contributed by atoms with Gasteiger partial charge in [-0.05, 0) is 43.2 Å². The lowest BCUT2D eigenvalue weighted by Gasteiger charge is -2.27. The Morgan fingerprint density at radius 1 is 1.08 bits per heavy atom. The second-order valence-electron chi connectivity index (χ2n) is 6.34. The molecule has 0 radical (unpaired) electrons. The number of anilines is 1. The van der Waals surface area contributed by atoms with Gasteiger partial charge in [-0.15, -0.1) is 0 Å². The fourth-order valence-electron chi connectivity index (χ4n) is 3.16. The van der Waals surface area contributed by atoms with Crippen molar-refractivity contribution < 1.29 is 19.0 Å². The van der Waals surface area contributed by atoms with E-state index in [4.69, 9.17) is 14.2 Å². The molecule has 3 rings (SSSR count). The van der Waals surface area contributed by atoms with Crippen LogP contribution in [0.25, 0.3) is 0 Å². The fraction of sp³-hybridized carbons (Fsp3) is 0.350. The molecule has 0 bridgehead atoms. The molecule has 0 unspecified atom stereocenters. The molecule has 1 N–H and O–H groups in total. The van der Waals surface area contributed by atoms with Crippen LogP contribution in [0, 0.1) is 0 Å². The van der Waals surface area contributed by atoms with Crippen LogP contribution in [-0.2, 0) is 4.79 Å². The standard InChI is InChI=1S/C20H23NO4/c1-12(2)25-14-7-5-6-13(8-14)15-10-20(22)21-17-11-19(24-4)18(23-3)9-16(15)17/h5-9,11-12,15H,10H2,1-4H3,(H,21,22)/t15-/m1/s1. The fourth-order valence-corrected chi connectivity index (χ4v) is 3.16. The smallest absolute Gasteiger partial charge is 0.225 e. The van der Waals surface area contributed by atoms with Crippen molar-refractivity contribution in [1.29, 1.82) is 0 Å². The number of carbonyl (C=O) groups excluding carboxylic acids is 1. The van der Waals surface area contributed by atoms with Gasteiger partial charge in [-0.25, -0.2) is 0 Å². The highest BCUT2D eigenvalue weighted by molar-refractivity contribution is 5.96. The molecule has 0 saturated heterocycles. The van der Waals surface area contributed by atoms with Crippen LogP contribution in [0.5, 0.6) is 17.2 Å². The predicted molar refractivity (Wildman–Crippen MR) is 96.8 cm³/mol. The Morgan fingerprint density at radius 2 is 1.80 bits per heavy atom. The molecule has 0 aromatic heterocycles. The highest BCUT2D eigenvalue weighted by Gasteiger charge is 2.28. The molecule has 1 amide bonds. The quantitative estimate of drug-likeness (QED) is 0.894. The zero-order chi connectivity index (χ0) is 18.0. The van der Waals surface area contributed by atoms with Crippen molar-refractivity contribution in [1.82, 2.24) is 0 Å². The molecule has 1 atom stereocenters. The highest BCUT2D eigenvalue weighted by Crippen LogP contribution is 2.43. The van der Waals surface area contributed by atoms with Gasteiger partial charge in [-0.1, -0.05) is 12.1 Å². The number of ether oxygens (including phenoxy) is 3. The maximum absolute atomic E-state index is 12.2. The molecule has 1 aliphatic heterocycles. The first kappa shape index (κ1) is 17.1. The van der Waals surface area contributed by atoms with Crippen LogP contribution in [0.15, 0.2) is 36.4 Å². The predicted octanol–water partition coefficient (Wildman–Crippen LogP) is 3.97. The van der Waals surface area contributed by atoms with E-state index in [9.17, 15) is 4.79 Å². The van der Waals surface area contributed by atoms with Gasteiger partial charge in [0.2, 0.25) is 5.91 Å². The Morgan fingerprint density at radius 3 is 2.48 bits per heavy atom. The van der Waals surface area contributed by atoms with Crippen molar-refractivity contribution in [3.8, 4) is 17.2 Å². The maximum Gasteiger partial charge on any atom is 0.225 e. The third kappa shape index (κ3) is 3.55. The molecule has 0 fully saturated rings. The molecule has 0 spiro atoms. The third-order valence-electron chi connectivity index (χ3n) is 4.23. The summed E-state index contributed by atoms with van der Waals surface area (Å²) >= 11 is 0. The Hall–Kier alpha value is -2.69. The number of hydrogen-bond donors (Lipinski definition) is 1. The van der Waals surface area contributed by atoms with Gasteiger partial charge in [0.15, 0.2) is 11.5 Å².